The molecule has 9 heteroatoms. The van der Waals surface area contributed by atoms with E-state index in [1.54, 1.807) is 13.2 Å². The van der Waals surface area contributed by atoms with Crippen molar-refractivity contribution >= 4 is 47.2 Å². The minimum absolute atomic E-state index is 0. The molecule has 0 radical (unpaired) electrons. The molecule has 2 aromatic heterocycles. The Kier molecular flexibility index (Phi) is 10.4. The minimum atomic E-state index is -0.0173. The van der Waals surface area contributed by atoms with Crippen LogP contribution in [-0.2, 0) is 13.1 Å². The molecule has 30 heavy (non-hydrogen) atoms. The lowest BCUT2D eigenvalue weighted by molar-refractivity contribution is 0.0957. The summed E-state index contributed by atoms with van der Waals surface area (Å²) in [6.07, 6.45) is 4.56. The van der Waals surface area contributed by atoms with E-state index in [1.165, 1.54) is 22.5 Å². The molecule has 0 saturated carbocycles. The van der Waals surface area contributed by atoms with Gasteiger partial charge in [-0.15, -0.1) is 35.3 Å². The van der Waals surface area contributed by atoms with Crippen LogP contribution in [0.2, 0.25) is 0 Å². The second-order valence-electron chi connectivity index (χ2n) is 6.41. The topological polar surface area (TPSA) is 83.3 Å². The summed E-state index contributed by atoms with van der Waals surface area (Å²) in [5, 5.41) is 15.7. The number of hydrogen-bond donors (Lipinski definition) is 3. The first kappa shape index (κ1) is 23.9. The van der Waals surface area contributed by atoms with E-state index in [-0.39, 0.29) is 29.9 Å². The molecule has 3 aromatic rings. The number of nitrogens with one attached hydrogen (secondary N) is 3. The van der Waals surface area contributed by atoms with Crippen LogP contribution in [0.15, 0.2) is 65.2 Å². The summed E-state index contributed by atoms with van der Waals surface area (Å²) in [6.45, 7) is 2.75. The summed E-state index contributed by atoms with van der Waals surface area (Å²) in [6, 6.07) is 13.9. The third kappa shape index (κ3) is 7.45. The van der Waals surface area contributed by atoms with Crippen LogP contribution in [0, 0.1) is 0 Å². The molecule has 3 N–H and O–H groups in total. The highest BCUT2D eigenvalue weighted by Gasteiger charge is 2.06. The van der Waals surface area contributed by atoms with E-state index >= 15 is 0 Å². The molecule has 0 bridgehead atoms. The van der Waals surface area contributed by atoms with E-state index in [4.69, 9.17) is 0 Å². The third-order valence-electron chi connectivity index (χ3n) is 4.36. The second-order valence-corrected chi connectivity index (χ2v) is 7.36. The normalized spacial score (nSPS) is 10.9. The largest absolute Gasteiger partial charge is 0.356 e. The predicted molar refractivity (Wildman–Crippen MR) is 133 cm³/mol. The summed E-state index contributed by atoms with van der Waals surface area (Å²) in [5.41, 5.74) is 2.42. The van der Waals surface area contributed by atoms with E-state index in [2.05, 4.69) is 38.2 Å². The summed E-state index contributed by atoms with van der Waals surface area (Å²) in [7, 11) is 1.75. The number of amides is 1. The van der Waals surface area contributed by atoms with Crippen molar-refractivity contribution in [1.82, 2.24) is 25.7 Å². The highest BCUT2D eigenvalue weighted by atomic mass is 127. The molecule has 0 aliphatic heterocycles. The van der Waals surface area contributed by atoms with Crippen LogP contribution >= 0.6 is 35.3 Å². The standard InChI is InChI=1S/C21H26N6OS.HI/c1-22-21(24-11-5-10-23-20(28)19-9-4-14-29-19)25-15-17-7-2-3-8-18(17)16-27-13-6-12-26-27;/h2-4,6-9,12-14H,5,10-11,15-16H2,1H3,(H,23,28)(H2,22,24,25);1H. The Labute approximate surface area is 198 Å². The van der Waals surface area contributed by atoms with Gasteiger partial charge in [0.05, 0.1) is 11.4 Å². The zero-order valence-corrected chi connectivity index (χ0v) is 20.0. The molecule has 160 valence electrons. The zero-order valence-electron chi connectivity index (χ0n) is 16.9. The molecule has 1 amide bonds. The fourth-order valence-electron chi connectivity index (χ4n) is 2.84. The Morgan fingerprint density at radius 2 is 1.87 bits per heavy atom. The van der Waals surface area contributed by atoms with E-state index in [1.807, 2.05) is 46.6 Å². The molecule has 0 saturated heterocycles. The average Bonchev–Trinajstić information content (AvgIpc) is 3.45. The zero-order chi connectivity index (χ0) is 20.3. The number of thiophene rings is 1. The van der Waals surface area contributed by atoms with Gasteiger partial charge in [-0.25, -0.2) is 0 Å². The molecule has 0 atom stereocenters. The Morgan fingerprint density at radius 3 is 2.57 bits per heavy atom. The van der Waals surface area contributed by atoms with Crippen LogP contribution in [0.5, 0.6) is 0 Å². The van der Waals surface area contributed by atoms with Gasteiger partial charge in [-0.05, 0) is 35.1 Å². The van der Waals surface area contributed by atoms with E-state index in [0.717, 1.165) is 30.3 Å². The Balaban J connectivity index is 0.00000320. The predicted octanol–water partition coefficient (Wildman–Crippen LogP) is 3.10. The van der Waals surface area contributed by atoms with Gasteiger partial charge in [0.15, 0.2) is 5.96 Å². The van der Waals surface area contributed by atoms with Gasteiger partial charge in [-0.2, -0.15) is 5.10 Å². The quantitative estimate of drug-likeness (QED) is 0.169. The highest BCUT2D eigenvalue weighted by molar-refractivity contribution is 14.0. The number of rotatable bonds is 9. The molecule has 0 fully saturated rings. The SMILES string of the molecule is CN=C(NCCCNC(=O)c1cccs1)NCc1ccccc1Cn1cccn1.I. The maximum atomic E-state index is 11.9. The first-order valence-electron chi connectivity index (χ1n) is 9.56. The Morgan fingerprint density at radius 1 is 1.07 bits per heavy atom. The van der Waals surface area contributed by atoms with Gasteiger partial charge >= 0.3 is 0 Å². The number of carbonyl (C=O) groups excluding carboxylic acids is 1. The van der Waals surface area contributed by atoms with Crippen molar-refractivity contribution in [2.75, 3.05) is 20.1 Å². The molecule has 0 spiro atoms. The Bertz CT molecular complexity index is 911. The van der Waals surface area contributed by atoms with Crippen molar-refractivity contribution in [3.05, 3.63) is 76.2 Å². The van der Waals surface area contributed by atoms with Gasteiger partial charge < -0.3 is 16.0 Å². The summed E-state index contributed by atoms with van der Waals surface area (Å²) in [4.78, 5) is 16.9. The molecular formula is C21H27IN6OS. The van der Waals surface area contributed by atoms with Gasteiger partial charge in [0.2, 0.25) is 0 Å². The molecule has 3 rings (SSSR count). The number of aromatic nitrogens is 2. The molecule has 1 aromatic carbocycles. The number of nitrogens with zero attached hydrogens (tertiary/aromatic N) is 3. The van der Waals surface area contributed by atoms with Gasteiger partial charge in [0.1, 0.15) is 0 Å². The molecule has 0 aliphatic rings. The fourth-order valence-corrected chi connectivity index (χ4v) is 3.48. The van der Waals surface area contributed by atoms with Crippen molar-refractivity contribution in [2.45, 2.75) is 19.5 Å². The van der Waals surface area contributed by atoms with Gasteiger partial charge in [-0.1, -0.05) is 30.3 Å². The van der Waals surface area contributed by atoms with Crippen molar-refractivity contribution in [3.8, 4) is 0 Å². The molecule has 7 nitrogen and oxygen atoms in total. The van der Waals surface area contributed by atoms with Gasteiger partial charge in [0.25, 0.3) is 5.91 Å². The van der Waals surface area contributed by atoms with E-state index < -0.39 is 0 Å². The van der Waals surface area contributed by atoms with Crippen molar-refractivity contribution < 1.29 is 4.79 Å². The van der Waals surface area contributed by atoms with E-state index in [0.29, 0.717) is 13.1 Å². The van der Waals surface area contributed by atoms with Crippen LogP contribution < -0.4 is 16.0 Å². The summed E-state index contributed by atoms with van der Waals surface area (Å²) in [5.74, 6) is 0.722. The monoisotopic (exact) mass is 538 g/mol. The first-order chi connectivity index (χ1) is 14.3. The van der Waals surface area contributed by atoms with Crippen molar-refractivity contribution in [1.29, 1.82) is 0 Å². The number of aliphatic imine (C=N–C) groups is 1. The number of halogens is 1. The average molecular weight is 538 g/mol. The smallest absolute Gasteiger partial charge is 0.261 e. The van der Waals surface area contributed by atoms with Crippen LogP contribution in [0.4, 0.5) is 0 Å². The third-order valence-corrected chi connectivity index (χ3v) is 5.22. The number of guanidine groups is 1. The van der Waals surface area contributed by atoms with Crippen LogP contribution in [0.1, 0.15) is 27.2 Å². The van der Waals surface area contributed by atoms with Crippen molar-refractivity contribution in [2.24, 2.45) is 4.99 Å². The number of carbonyl (C=O) groups is 1. The lowest BCUT2D eigenvalue weighted by Gasteiger charge is -2.14. The number of benzene rings is 1. The molecule has 0 aliphatic carbocycles. The number of hydrogen-bond acceptors (Lipinski definition) is 4. The highest BCUT2D eigenvalue weighted by Crippen LogP contribution is 2.10. The summed E-state index contributed by atoms with van der Waals surface area (Å²) < 4.78 is 1.91. The lowest BCUT2D eigenvalue weighted by atomic mass is 10.1. The Hall–Kier alpha value is -2.40. The minimum Gasteiger partial charge on any atom is -0.356 e. The summed E-state index contributed by atoms with van der Waals surface area (Å²) >= 11 is 1.45. The molecular weight excluding hydrogens is 511 g/mol. The maximum absolute atomic E-state index is 11.9. The first-order valence-corrected chi connectivity index (χ1v) is 10.4. The van der Waals surface area contributed by atoms with Gasteiger partial charge in [0, 0.05) is 39.1 Å². The van der Waals surface area contributed by atoms with Crippen LogP contribution in [-0.4, -0.2) is 41.8 Å². The lowest BCUT2D eigenvalue weighted by Crippen LogP contribution is -2.38. The molecule has 2 heterocycles. The fraction of sp³-hybridized carbons (Fsp3) is 0.286. The maximum Gasteiger partial charge on any atom is 0.261 e. The van der Waals surface area contributed by atoms with Gasteiger partial charge in [-0.3, -0.25) is 14.5 Å². The molecule has 0 unspecified atom stereocenters. The van der Waals surface area contributed by atoms with Crippen LogP contribution in [0.3, 0.4) is 0 Å². The second kappa shape index (κ2) is 13.0. The van der Waals surface area contributed by atoms with Crippen LogP contribution in [0.25, 0.3) is 0 Å². The van der Waals surface area contributed by atoms with Crippen molar-refractivity contribution in [3.63, 3.8) is 0 Å². The van der Waals surface area contributed by atoms with E-state index in [9.17, 15) is 4.79 Å².